The van der Waals surface area contributed by atoms with Crippen LogP contribution in [0.1, 0.15) is 27.2 Å². The number of hydrogen-bond donors (Lipinski definition) is 2. The van der Waals surface area contributed by atoms with E-state index in [1.54, 1.807) is 41.0 Å². The van der Waals surface area contributed by atoms with Crippen LogP contribution in [0, 0.1) is 0 Å². The minimum absolute atomic E-state index is 0.157. The van der Waals surface area contributed by atoms with Gasteiger partial charge in [0, 0.05) is 49.3 Å². The van der Waals surface area contributed by atoms with E-state index in [-0.39, 0.29) is 12.2 Å². The van der Waals surface area contributed by atoms with E-state index in [4.69, 9.17) is 44.6 Å². The number of nitrogens with zero attached hydrogens (tertiary/aromatic N) is 1. The third-order valence-electron chi connectivity index (χ3n) is 5.57. The second kappa shape index (κ2) is 8.80. The average molecular weight is 504 g/mol. The molecule has 0 radical (unpaired) electrons. The molecule has 0 unspecified atom stereocenters. The maximum Gasteiger partial charge on any atom is 0.352 e. The summed E-state index contributed by atoms with van der Waals surface area (Å²) in [5, 5.41) is 15.6. The first-order chi connectivity index (χ1) is 15.9. The first kappa shape index (κ1) is 21.9. The first-order valence-corrected chi connectivity index (χ1v) is 11.2. The molecule has 0 saturated carbocycles. The first-order valence-electron chi connectivity index (χ1n) is 10.0. The molecular formula is C24H17Cl3N2O4. The maximum absolute atomic E-state index is 12.0. The summed E-state index contributed by atoms with van der Waals surface area (Å²) >= 11 is 19.0. The van der Waals surface area contributed by atoms with E-state index in [0.717, 1.165) is 33.3 Å². The molecule has 0 bridgehead atoms. The number of nitrogens with one attached hydrogen (secondary N) is 1. The third-order valence-corrected chi connectivity index (χ3v) is 6.63. The van der Waals surface area contributed by atoms with Gasteiger partial charge in [0.2, 0.25) is 0 Å². The fourth-order valence-corrected chi connectivity index (χ4v) is 4.67. The van der Waals surface area contributed by atoms with Gasteiger partial charge in [0.05, 0.1) is 6.54 Å². The molecule has 6 nitrogen and oxygen atoms in total. The van der Waals surface area contributed by atoms with E-state index in [1.165, 1.54) is 0 Å². The third kappa shape index (κ3) is 4.23. The van der Waals surface area contributed by atoms with Crippen molar-refractivity contribution in [3.63, 3.8) is 0 Å². The van der Waals surface area contributed by atoms with Crippen molar-refractivity contribution >= 4 is 57.4 Å². The van der Waals surface area contributed by atoms with Gasteiger partial charge in [-0.25, -0.2) is 4.79 Å². The Balaban J connectivity index is 1.47. The number of benzene rings is 3. The lowest BCUT2D eigenvalue weighted by atomic mass is 10.1. The normalized spacial score (nSPS) is 12.6. The van der Waals surface area contributed by atoms with Crippen LogP contribution >= 0.6 is 34.8 Å². The van der Waals surface area contributed by atoms with Gasteiger partial charge in [-0.05, 0) is 54.1 Å². The van der Waals surface area contributed by atoms with Crippen LogP contribution < -0.4 is 10.2 Å². The van der Waals surface area contributed by atoms with Crippen LogP contribution in [0.4, 0.5) is 5.69 Å². The number of halogens is 3. The Morgan fingerprint density at radius 1 is 1.03 bits per heavy atom. The SMILES string of the molecule is O=C(O)c1cc2cc(NCc3c(Cl)cccc3Cl)ccc2n1Cc1cc2c(cc1Cl)COO2. The number of rotatable bonds is 6. The highest BCUT2D eigenvalue weighted by Crippen LogP contribution is 2.34. The summed E-state index contributed by atoms with van der Waals surface area (Å²) in [6.07, 6.45) is 0. The molecule has 0 saturated heterocycles. The van der Waals surface area contributed by atoms with E-state index in [9.17, 15) is 9.90 Å². The van der Waals surface area contributed by atoms with Crippen molar-refractivity contribution in [1.82, 2.24) is 4.57 Å². The van der Waals surface area contributed by atoms with Crippen LogP contribution in [0.25, 0.3) is 10.9 Å². The van der Waals surface area contributed by atoms with E-state index in [2.05, 4.69) is 5.32 Å². The summed E-state index contributed by atoms with van der Waals surface area (Å²) in [6.45, 7) is 1.03. The van der Waals surface area contributed by atoms with Crippen LogP contribution in [0.15, 0.2) is 54.6 Å². The highest BCUT2D eigenvalue weighted by atomic mass is 35.5. The summed E-state index contributed by atoms with van der Waals surface area (Å²) in [5.74, 6) is -0.437. The minimum Gasteiger partial charge on any atom is -0.477 e. The Morgan fingerprint density at radius 2 is 1.82 bits per heavy atom. The van der Waals surface area contributed by atoms with Crippen molar-refractivity contribution in [3.8, 4) is 5.75 Å². The molecule has 0 aliphatic carbocycles. The molecule has 4 aromatic rings. The number of aromatic nitrogens is 1. The zero-order chi connectivity index (χ0) is 23.1. The molecule has 1 aliphatic rings. The van der Waals surface area contributed by atoms with Gasteiger partial charge in [-0.1, -0.05) is 40.9 Å². The topological polar surface area (TPSA) is 72.7 Å². The molecule has 3 aromatic carbocycles. The second-order valence-electron chi connectivity index (χ2n) is 7.65. The maximum atomic E-state index is 12.0. The second-order valence-corrected chi connectivity index (χ2v) is 8.87. The summed E-state index contributed by atoms with van der Waals surface area (Å²) in [7, 11) is 0. The van der Waals surface area contributed by atoms with E-state index < -0.39 is 5.97 Å². The molecule has 1 aromatic heterocycles. The van der Waals surface area contributed by atoms with Crippen molar-refractivity contribution < 1.29 is 19.7 Å². The number of aromatic carboxylic acids is 1. The van der Waals surface area contributed by atoms with Gasteiger partial charge in [-0.3, -0.25) is 0 Å². The van der Waals surface area contributed by atoms with Crippen molar-refractivity contribution in [2.75, 3.05) is 5.32 Å². The molecule has 2 N–H and O–H groups in total. The molecule has 168 valence electrons. The monoisotopic (exact) mass is 502 g/mol. The van der Waals surface area contributed by atoms with Crippen LogP contribution in [0.5, 0.6) is 5.75 Å². The highest BCUT2D eigenvalue weighted by Gasteiger charge is 2.20. The van der Waals surface area contributed by atoms with Crippen LogP contribution in [0.3, 0.4) is 0 Å². The van der Waals surface area contributed by atoms with Crippen LogP contribution in [-0.2, 0) is 24.6 Å². The van der Waals surface area contributed by atoms with E-state index >= 15 is 0 Å². The lowest BCUT2D eigenvalue weighted by Gasteiger charge is -2.12. The quantitative estimate of drug-likeness (QED) is 0.284. The van der Waals surface area contributed by atoms with Gasteiger partial charge >= 0.3 is 5.97 Å². The minimum atomic E-state index is -1.03. The van der Waals surface area contributed by atoms with E-state index in [0.29, 0.717) is 34.0 Å². The molecule has 0 spiro atoms. The number of hydrogen-bond acceptors (Lipinski definition) is 4. The summed E-state index contributed by atoms with van der Waals surface area (Å²) in [4.78, 5) is 22.1. The van der Waals surface area contributed by atoms with Gasteiger partial charge in [0.15, 0.2) is 5.75 Å². The molecule has 0 amide bonds. The standard InChI is InChI=1S/C24H17Cl3N2O4/c25-18-2-1-3-19(26)17(18)10-28-16-4-5-21-13(6-16)8-22(24(30)31)29(21)11-14-9-23-15(7-20(14)27)12-32-33-23/h1-9,28H,10-12H2,(H,30,31). The molecule has 2 heterocycles. The molecule has 0 fully saturated rings. The van der Waals surface area contributed by atoms with Crippen LogP contribution in [-0.4, -0.2) is 15.6 Å². The van der Waals surface area contributed by atoms with Crippen molar-refractivity contribution in [3.05, 3.63) is 92.0 Å². The zero-order valence-electron chi connectivity index (χ0n) is 17.1. The summed E-state index contributed by atoms with van der Waals surface area (Å²) in [6, 6.07) is 16.2. The molecule has 0 atom stereocenters. The fraction of sp³-hybridized carbons (Fsp3) is 0.125. The predicted octanol–water partition coefficient (Wildman–Crippen LogP) is 6.78. The summed E-state index contributed by atoms with van der Waals surface area (Å²) in [5.41, 5.74) is 4.12. The largest absolute Gasteiger partial charge is 0.477 e. The number of carboxylic acids is 1. The molecule has 33 heavy (non-hydrogen) atoms. The Bertz CT molecular complexity index is 1380. The van der Waals surface area contributed by atoms with Crippen molar-refractivity contribution in [1.29, 1.82) is 0 Å². The Morgan fingerprint density at radius 3 is 2.58 bits per heavy atom. The predicted molar refractivity (Wildman–Crippen MR) is 129 cm³/mol. The van der Waals surface area contributed by atoms with Crippen molar-refractivity contribution in [2.24, 2.45) is 0 Å². The highest BCUT2D eigenvalue weighted by molar-refractivity contribution is 6.36. The van der Waals surface area contributed by atoms with Gasteiger partial charge < -0.3 is 19.9 Å². The fourth-order valence-electron chi connectivity index (χ4n) is 3.90. The van der Waals surface area contributed by atoms with Gasteiger partial charge in [-0.2, -0.15) is 4.89 Å². The molecular weight excluding hydrogens is 487 g/mol. The van der Waals surface area contributed by atoms with E-state index in [1.807, 2.05) is 18.2 Å². The molecule has 1 aliphatic heterocycles. The van der Waals surface area contributed by atoms with Gasteiger partial charge in [0.25, 0.3) is 0 Å². The smallest absolute Gasteiger partial charge is 0.352 e. The average Bonchev–Trinajstić information content (AvgIpc) is 3.37. The number of carboxylic acid groups (broad SMARTS) is 1. The van der Waals surface area contributed by atoms with Crippen LogP contribution in [0.2, 0.25) is 15.1 Å². The Hall–Kier alpha value is -2.90. The Labute approximate surface area is 204 Å². The molecule has 5 rings (SSSR count). The van der Waals surface area contributed by atoms with Gasteiger partial charge in [0.1, 0.15) is 12.3 Å². The number of carbonyl (C=O) groups is 1. The van der Waals surface area contributed by atoms with Crippen molar-refractivity contribution in [2.45, 2.75) is 19.7 Å². The summed E-state index contributed by atoms with van der Waals surface area (Å²) < 4.78 is 1.72. The molecule has 9 heteroatoms. The lowest BCUT2D eigenvalue weighted by molar-refractivity contribution is -0.194. The Kier molecular flexibility index (Phi) is 5.85. The number of anilines is 1. The lowest BCUT2D eigenvalue weighted by Crippen LogP contribution is -2.09. The number of fused-ring (bicyclic) bond motifs is 2. The van der Waals surface area contributed by atoms with Gasteiger partial charge in [-0.15, -0.1) is 0 Å². The zero-order valence-corrected chi connectivity index (χ0v) is 19.3.